The van der Waals surface area contributed by atoms with Gasteiger partial charge in [0.25, 0.3) is 0 Å². The molecule has 0 bridgehead atoms. The minimum atomic E-state index is -0.461. The Morgan fingerprint density at radius 2 is 2.33 bits per heavy atom. The topological polar surface area (TPSA) is 52.3 Å². The van der Waals surface area contributed by atoms with E-state index in [2.05, 4.69) is 11.7 Å². The number of hydrogen-bond donors (Lipinski definition) is 1. The molecule has 0 saturated heterocycles. The first kappa shape index (κ1) is 11.8. The van der Waals surface area contributed by atoms with Crippen LogP contribution in [-0.4, -0.2) is 30.6 Å². The van der Waals surface area contributed by atoms with Gasteiger partial charge in [0, 0.05) is 5.75 Å². The summed E-state index contributed by atoms with van der Waals surface area (Å²) < 4.78 is 4.49. The number of carbonyl (C=O) groups is 1. The Labute approximate surface area is 78.0 Å². The fourth-order valence-corrected chi connectivity index (χ4v) is 1.73. The Morgan fingerprint density at radius 1 is 1.67 bits per heavy atom. The van der Waals surface area contributed by atoms with Gasteiger partial charge in [-0.15, -0.1) is 0 Å². The number of thioether (sulfide) groups is 1. The molecule has 0 aromatic rings. The highest BCUT2D eigenvalue weighted by Crippen LogP contribution is 2.05. The molecule has 0 amide bonds. The molecular weight excluding hydrogens is 174 g/mol. The molecule has 0 heterocycles. The van der Waals surface area contributed by atoms with Crippen LogP contribution in [0.5, 0.6) is 0 Å². The minimum absolute atomic E-state index is 0.320. The van der Waals surface area contributed by atoms with Gasteiger partial charge >= 0.3 is 5.97 Å². The van der Waals surface area contributed by atoms with Gasteiger partial charge in [-0.25, -0.2) is 0 Å². The lowest BCUT2D eigenvalue weighted by atomic mass is 10.4. The van der Waals surface area contributed by atoms with Gasteiger partial charge in [-0.3, -0.25) is 4.79 Å². The summed E-state index contributed by atoms with van der Waals surface area (Å²) in [5.41, 5.74) is 5.51. The van der Waals surface area contributed by atoms with Crippen molar-refractivity contribution in [2.75, 3.05) is 18.6 Å². The highest BCUT2D eigenvalue weighted by molar-refractivity contribution is 7.99. The monoisotopic (exact) mass is 191 g/mol. The SMILES string of the molecule is CCCCSCC(N)C(=O)OC. The molecule has 2 N–H and O–H groups in total. The van der Waals surface area contributed by atoms with Crippen molar-refractivity contribution in [3.8, 4) is 0 Å². The van der Waals surface area contributed by atoms with Gasteiger partial charge in [0.2, 0.25) is 0 Å². The van der Waals surface area contributed by atoms with Gasteiger partial charge in [-0.2, -0.15) is 11.8 Å². The van der Waals surface area contributed by atoms with E-state index in [0.717, 1.165) is 5.75 Å². The van der Waals surface area contributed by atoms with Crippen LogP contribution in [0.1, 0.15) is 19.8 Å². The number of methoxy groups -OCH3 is 1. The lowest BCUT2D eigenvalue weighted by Crippen LogP contribution is -2.33. The second kappa shape index (κ2) is 7.43. The quantitative estimate of drug-likeness (QED) is 0.503. The van der Waals surface area contributed by atoms with E-state index in [1.807, 2.05) is 0 Å². The average Bonchev–Trinajstić information content (AvgIpc) is 2.10. The van der Waals surface area contributed by atoms with Gasteiger partial charge in [0.05, 0.1) is 7.11 Å². The molecule has 0 rings (SSSR count). The van der Waals surface area contributed by atoms with E-state index < -0.39 is 6.04 Å². The molecule has 0 radical (unpaired) electrons. The van der Waals surface area contributed by atoms with E-state index in [9.17, 15) is 4.79 Å². The molecule has 0 aliphatic rings. The van der Waals surface area contributed by atoms with Gasteiger partial charge in [0.1, 0.15) is 6.04 Å². The second-order valence-corrected chi connectivity index (χ2v) is 3.71. The van der Waals surface area contributed by atoms with Crippen LogP contribution in [0, 0.1) is 0 Å². The predicted molar refractivity (Wildman–Crippen MR) is 52.2 cm³/mol. The average molecular weight is 191 g/mol. The van der Waals surface area contributed by atoms with Crippen LogP contribution < -0.4 is 5.73 Å². The van der Waals surface area contributed by atoms with Crippen LogP contribution in [0.2, 0.25) is 0 Å². The van der Waals surface area contributed by atoms with Crippen LogP contribution in [0.25, 0.3) is 0 Å². The van der Waals surface area contributed by atoms with Gasteiger partial charge < -0.3 is 10.5 Å². The zero-order chi connectivity index (χ0) is 9.40. The maximum absolute atomic E-state index is 10.8. The van der Waals surface area contributed by atoms with E-state index in [1.165, 1.54) is 20.0 Å². The standard InChI is InChI=1S/C8H17NO2S/c1-3-4-5-12-6-7(9)8(10)11-2/h7H,3-6,9H2,1-2H3. The van der Waals surface area contributed by atoms with Gasteiger partial charge in [-0.05, 0) is 12.2 Å². The summed E-state index contributed by atoms with van der Waals surface area (Å²) >= 11 is 1.70. The summed E-state index contributed by atoms with van der Waals surface area (Å²) in [7, 11) is 1.36. The number of unbranched alkanes of at least 4 members (excludes halogenated alkanes) is 1. The van der Waals surface area contributed by atoms with Crippen molar-refractivity contribution in [2.45, 2.75) is 25.8 Å². The third-order valence-electron chi connectivity index (χ3n) is 1.44. The summed E-state index contributed by atoms with van der Waals surface area (Å²) in [6.07, 6.45) is 2.36. The maximum Gasteiger partial charge on any atom is 0.323 e. The van der Waals surface area contributed by atoms with Crippen molar-refractivity contribution in [1.29, 1.82) is 0 Å². The Morgan fingerprint density at radius 3 is 2.83 bits per heavy atom. The van der Waals surface area contributed by atoms with Crippen molar-refractivity contribution in [2.24, 2.45) is 5.73 Å². The molecular formula is C8H17NO2S. The molecule has 0 spiro atoms. The molecule has 0 aromatic carbocycles. The molecule has 0 fully saturated rings. The number of carbonyl (C=O) groups excluding carboxylic acids is 1. The van der Waals surface area contributed by atoms with Crippen molar-refractivity contribution < 1.29 is 9.53 Å². The lowest BCUT2D eigenvalue weighted by Gasteiger charge is -2.07. The first-order valence-electron chi connectivity index (χ1n) is 4.13. The van der Waals surface area contributed by atoms with Crippen molar-refractivity contribution in [1.82, 2.24) is 0 Å². The highest BCUT2D eigenvalue weighted by atomic mass is 32.2. The van der Waals surface area contributed by atoms with Crippen molar-refractivity contribution >= 4 is 17.7 Å². The molecule has 72 valence electrons. The van der Waals surface area contributed by atoms with E-state index in [-0.39, 0.29) is 5.97 Å². The Hall–Kier alpha value is -0.220. The molecule has 0 saturated carbocycles. The fourth-order valence-electron chi connectivity index (χ4n) is 0.676. The number of nitrogens with two attached hydrogens (primary N) is 1. The summed E-state index contributed by atoms with van der Waals surface area (Å²) in [5, 5.41) is 0. The van der Waals surface area contributed by atoms with Crippen LogP contribution >= 0.6 is 11.8 Å². The number of rotatable bonds is 6. The first-order valence-corrected chi connectivity index (χ1v) is 5.29. The lowest BCUT2D eigenvalue weighted by molar-refractivity contribution is -0.141. The summed E-state index contributed by atoms with van der Waals surface area (Å²) in [5.74, 6) is 1.41. The summed E-state index contributed by atoms with van der Waals surface area (Å²) in [4.78, 5) is 10.8. The molecule has 3 nitrogen and oxygen atoms in total. The third-order valence-corrected chi connectivity index (χ3v) is 2.62. The largest absolute Gasteiger partial charge is 0.468 e. The molecule has 1 atom stereocenters. The first-order chi connectivity index (χ1) is 5.72. The third kappa shape index (κ3) is 5.43. The van der Waals surface area contributed by atoms with Crippen molar-refractivity contribution in [3.63, 3.8) is 0 Å². The normalized spacial score (nSPS) is 12.6. The van der Waals surface area contributed by atoms with Crippen molar-refractivity contribution in [3.05, 3.63) is 0 Å². The molecule has 0 aliphatic heterocycles. The summed E-state index contributed by atoms with van der Waals surface area (Å²) in [6.45, 7) is 2.14. The summed E-state index contributed by atoms with van der Waals surface area (Å²) in [6, 6.07) is -0.461. The molecule has 0 aliphatic carbocycles. The molecule has 12 heavy (non-hydrogen) atoms. The Kier molecular flexibility index (Phi) is 7.29. The zero-order valence-corrected chi connectivity index (χ0v) is 8.52. The Balaban J connectivity index is 3.31. The fraction of sp³-hybridized carbons (Fsp3) is 0.875. The van der Waals surface area contributed by atoms with Crippen LogP contribution in [0.3, 0.4) is 0 Å². The van der Waals surface area contributed by atoms with E-state index in [0.29, 0.717) is 5.75 Å². The number of esters is 1. The predicted octanol–water partition coefficient (Wildman–Crippen LogP) is 1.02. The second-order valence-electron chi connectivity index (χ2n) is 2.56. The minimum Gasteiger partial charge on any atom is -0.468 e. The van der Waals surface area contributed by atoms with Crippen LogP contribution in [-0.2, 0) is 9.53 Å². The number of ether oxygens (including phenoxy) is 1. The van der Waals surface area contributed by atoms with E-state index in [1.54, 1.807) is 11.8 Å². The maximum atomic E-state index is 10.8. The smallest absolute Gasteiger partial charge is 0.323 e. The zero-order valence-electron chi connectivity index (χ0n) is 7.71. The van der Waals surface area contributed by atoms with Crippen LogP contribution in [0.4, 0.5) is 0 Å². The van der Waals surface area contributed by atoms with Gasteiger partial charge in [0.15, 0.2) is 0 Å². The molecule has 4 heteroatoms. The van der Waals surface area contributed by atoms with Crippen LogP contribution in [0.15, 0.2) is 0 Å². The molecule has 1 unspecified atom stereocenters. The van der Waals surface area contributed by atoms with E-state index >= 15 is 0 Å². The molecule has 0 aromatic heterocycles. The van der Waals surface area contributed by atoms with Gasteiger partial charge in [-0.1, -0.05) is 13.3 Å². The Bertz CT molecular complexity index is 130. The highest BCUT2D eigenvalue weighted by Gasteiger charge is 2.12. The number of hydrogen-bond acceptors (Lipinski definition) is 4. The van der Waals surface area contributed by atoms with E-state index in [4.69, 9.17) is 5.73 Å².